The fourth-order valence-electron chi connectivity index (χ4n) is 3.27. The van der Waals surface area contributed by atoms with Gasteiger partial charge in [0.15, 0.2) is 8.32 Å². The maximum absolute atomic E-state index is 6.81. The summed E-state index contributed by atoms with van der Waals surface area (Å²) in [7, 11) is 0.421. The second-order valence-electron chi connectivity index (χ2n) is 6.41. The first kappa shape index (κ1) is 19.7. The second-order valence-corrected chi connectivity index (χ2v) is 11.9. The van der Waals surface area contributed by atoms with E-state index in [2.05, 4.69) is 90.3 Å². The van der Waals surface area contributed by atoms with Crippen molar-refractivity contribution in [1.29, 1.82) is 0 Å². The smallest absolute Gasteiger partial charge is 0.192 e. The molecule has 24 heavy (non-hydrogen) atoms. The molecule has 1 atom stereocenters. The van der Waals surface area contributed by atoms with Crippen LogP contribution < -0.4 is 0 Å². The number of aromatic nitrogens is 2. The summed E-state index contributed by atoms with van der Waals surface area (Å²) in [4.78, 5) is 4.69. The predicted octanol–water partition coefficient (Wildman–Crippen LogP) is 6.28. The number of fused-ring (bicyclic) bond motifs is 1. The molecule has 3 nitrogen and oxygen atoms in total. The number of nitrogens with zero attached hydrogens (tertiary/aromatic N) is 2. The summed E-state index contributed by atoms with van der Waals surface area (Å²) < 4.78 is 11.0. The molecule has 5 heteroatoms. The number of imidazole rings is 1. The second kappa shape index (κ2) is 8.63. The molecular formula is C19H29IN2OSi. The molecule has 0 spiro atoms. The molecule has 1 aromatic heterocycles. The summed E-state index contributed by atoms with van der Waals surface area (Å²) in [5.41, 5.74) is 3.50. The number of hydrogen-bond acceptors (Lipinski definition) is 2. The minimum atomic E-state index is -1.65. The van der Waals surface area contributed by atoms with Crippen molar-refractivity contribution in [1.82, 2.24) is 9.55 Å². The van der Waals surface area contributed by atoms with Gasteiger partial charge in [0.05, 0.1) is 17.1 Å². The summed E-state index contributed by atoms with van der Waals surface area (Å²) >= 11 is 2.29. The SMILES string of the molecule is CC[Si](CC)(CC)O[C@@H](C/C=C/I)c1ccc2c(c1)nc(C)n2C. The molecule has 0 amide bonds. The van der Waals surface area contributed by atoms with Crippen molar-refractivity contribution >= 4 is 41.9 Å². The maximum Gasteiger partial charge on any atom is 0.192 e. The number of benzene rings is 1. The highest BCUT2D eigenvalue weighted by molar-refractivity contribution is 14.1. The minimum Gasteiger partial charge on any atom is -0.410 e. The van der Waals surface area contributed by atoms with Crippen LogP contribution in [0.2, 0.25) is 18.1 Å². The standard InChI is InChI=1S/C19H29IN2OSi/c1-6-24(7-2,8-3)23-19(10-9-13-20)16-11-12-18-17(14-16)21-15(4)22(18)5/h9,11-14,19H,6-8,10H2,1-5H3/b13-9+/t19-/m0/s1. The van der Waals surface area contributed by atoms with E-state index in [-0.39, 0.29) is 6.10 Å². The normalized spacial score (nSPS) is 13.9. The molecule has 0 aliphatic carbocycles. The van der Waals surface area contributed by atoms with Gasteiger partial charge in [-0.1, -0.05) is 55.5 Å². The lowest BCUT2D eigenvalue weighted by atomic mass is 10.1. The van der Waals surface area contributed by atoms with E-state index in [1.165, 1.54) is 29.2 Å². The third-order valence-corrected chi connectivity index (χ3v) is 10.4. The summed E-state index contributed by atoms with van der Waals surface area (Å²) in [6.07, 6.45) is 3.27. The van der Waals surface area contributed by atoms with Crippen LogP contribution in [0, 0.1) is 6.92 Å². The molecule has 2 aromatic rings. The fourth-order valence-corrected chi connectivity index (χ4v) is 6.40. The Kier molecular flexibility index (Phi) is 7.06. The third-order valence-electron chi connectivity index (χ3n) is 5.26. The summed E-state index contributed by atoms with van der Waals surface area (Å²) in [5.74, 6) is 1.05. The Labute approximate surface area is 160 Å². The largest absolute Gasteiger partial charge is 0.410 e. The fraction of sp³-hybridized carbons (Fsp3) is 0.526. The van der Waals surface area contributed by atoms with E-state index in [1.807, 2.05) is 0 Å². The van der Waals surface area contributed by atoms with Crippen molar-refractivity contribution in [2.45, 2.75) is 58.4 Å². The molecule has 0 saturated carbocycles. The Bertz CT molecular complexity index is 698. The molecular weight excluding hydrogens is 427 g/mol. The quantitative estimate of drug-likeness (QED) is 0.345. The molecule has 1 heterocycles. The van der Waals surface area contributed by atoms with Gasteiger partial charge in [-0.2, -0.15) is 0 Å². The predicted molar refractivity (Wildman–Crippen MR) is 114 cm³/mol. The molecule has 0 radical (unpaired) electrons. The minimum absolute atomic E-state index is 0.134. The van der Waals surface area contributed by atoms with E-state index < -0.39 is 8.32 Å². The van der Waals surface area contributed by atoms with Crippen LogP contribution in [0.5, 0.6) is 0 Å². The van der Waals surface area contributed by atoms with Crippen molar-refractivity contribution in [3.05, 3.63) is 39.7 Å². The Morgan fingerprint density at radius 3 is 2.50 bits per heavy atom. The Hall–Kier alpha value is -0.663. The van der Waals surface area contributed by atoms with E-state index in [0.29, 0.717) is 0 Å². The first-order chi connectivity index (χ1) is 11.5. The van der Waals surface area contributed by atoms with Crippen LogP contribution in [0.15, 0.2) is 28.4 Å². The highest BCUT2D eigenvalue weighted by atomic mass is 127. The van der Waals surface area contributed by atoms with Crippen molar-refractivity contribution < 1.29 is 4.43 Å². The lowest BCUT2D eigenvalue weighted by molar-refractivity contribution is 0.193. The highest BCUT2D eigenvalue weighted by Crippen LogP contribution is 2.33. The highest BCUT2D eigenvalue weighted by Gasteiger charge is 2.32. The Morgan fingerprint density at radius 2 is 1.92 bits per heavy atom. The summed E-state index contributed by atoms with van der Waals surface area (Å²) in [6, 6.07) is 10.1. The molecule has 2 rings (SSSR count). The average Bonchev–Trinajstić information content (AvgIpc) is 2.89. The van der Waals surface area contributed by atoms with Crippen molar-refractivity contribution in [3.63, 3.8) is 0 Å². The van der Waals surface area contributed by atoms with Gasteiger partial charge >= 0.3 is 0 Å². The van der Waals surface area contributed by atoms with Gasteiger partial charge in [-0.05, 0) is 53.3 Å². The van der Waals surface area contributed by atoms with Crippen molar-refractivity contribution in [2.24, 2.45) is 7.05 Å². The number of aryl methyl sites for hydroxylation is 2. The van der Waals surface area contributed by atoms with Crippen LogP contribution in [0.4, 0.5) is 0 Å². The van der Waals surface area contributed by atoms with Crippen LogP contribution in [-0.2, 0) is 11.5 Å². The van der Waals surface area contributed by atoms with Gasteiger partial charge in [-0.15, -0.1) is 0 Å². The Morgan fingerprint density at radius 1 is 1.25 bits per heavy atom. The van der Waals surface area contributed by atoms with Gasteiger partial charge in [0.2, 0.25) is 0 Å². The molecule has 132 valence electrons. The monoisotopic (exact) mass is 456 g/mol. The maximum atomic E-state index is 6.81. The number of rotatable bonds is 8. The van der Waals surface area contributed by atoms with E-state index >= 15 is 0 Å². The van der Waals surface area contributed by atoms with Crippen LogP contribution >= 0.6 is 22.6 Å². The molecule has 1 aromatic carbocycles. The average molecular weight is 456 g/mol. The summed E-state index contributed by atoms with van der Waals surface area (Å²) in [5, 5.41) is 0. The molecule has 0 saturated heterocycles. The van der Waals surface area contributed by atoms with Crippen LogP contribution in [0.25, 0.3) is 11.0 Å². The lowest BCUT2D eigenvalue weighted by Gasteiger charge is -2.33. The van der Waals surface area contributed by atoms with E-state index in [4.69, 9.17) is 9.41 Å². The van der Waals surface area contributed by atoms with Crippen LogP contribution in [-0.4, -0.2) is 17.9 Å². The first-order valence-electron chi connectivity index (χ1n) is 8.86. The van der Waals surface area contributed by atoms with E-state index in [0.717, 1.165) is 17.8 Å². The molecule has 0 aliphatic heterocycles. The van der Waals surface area contributed by atoms with Crippen LogP contribution in [0.1, 0.15) is 44.7 Å². The zero-order valence-corrected chi connectivity index (χ0v) is 18.6. The molecule has 0 fully saturated rings. The van der Waals surface area contributed by atoms with Gasteiger partial charge in [0.25, 0.3) is 0 Å². The molecule has 0 N–H and O–H groups in total. The first-order valence-corrected chi connectivity index (χ1v) is 12.6. The number of hydrogen-bond donors (Lipinski definition) is 0. The van der Waals surface area contributed by atoms with Gasteiger partial charge < -0.3 is 8.99 Å². The van der Waals surface area contributed by atoms with Gasteiger partial charge in [-0.25, -0.2) is 4.98 Å². The lowest BCUT2D eigenvalue weighted by Crippen LogP contribution is -2.37. The van der Waals surface area contributed by atoms with Crippen molar-refractivity contribution in [3.8, 4) is 0 Å². The third kappa shape index (κ3) is 4.11. The van der Waals surface area contributed by atoms with E-state index in [9.17, 15) is 0 Å². The van der Waals surface area contributed by atoms with Crippen molar-refractivity contribution in [2.75, 3.05) is 0 Å². The summed E-state index contributed by atoms with van der Waals surface area (Å²) in [6.45, 7) is 8.91. The van der Waals surface area contributed by atoms with Gasteiger partial charge in [-0.3, -0.25) is 0 Å². The topological polar surface area (TPSA) is 27.1 Å². The number of halogens is 1. The zero-order valence-electron chi connectivity index (χ0n) is 15.5. The van der Waals surface area contributed by atoms with Crippen LogP contribution in [0.3, 0.4) is 0 Å². The molecule has 0 unspecified atom stereocenters. The Balaban J connectivity index is 2.40. The van der Waals surface area contributed by atoms with Gasteiger partial charge in [0, 0.05) is 7.05 Å². The molecule has 0 aliphatic rings. The van der Waals surface area contributed by atoms with Gasteiger partial charge in [0.1, 0.15) is 5.82 Å². The van der Waals surface area contributed by atoms with E-state index in [1.54, 1.807) is 0 Å². The molecule has 0 bridgehead atoms. The zero-order chi connectivity index (χ0) is 17.7.